The lowest BCUT2D eigenvalue weighted by atomic mass is 10.1. The van der Waals surface area contributed by atoms with Crippen LogP contribution in [0.15, 0.2) is 10.3 Å². The Morgan fingerprint density at radius 3 is 1.88 bits per heavy atom. The predicted octanol–water partition coefficient (Wildman–Crippen LogP) is 4.39. The van der Waals surface area contributed by atoms with Crippen LogP contribution in [0.2, 0.25) is 0 Å². The molecule has 0 spiro atoms. The summed E-state index contributed by atoms with van der Waals surface area (Å²) in [5.74, 6) is 0. The lowest BCUT2D eigenvalue weighted by molar-refractivity contribution is 0.163. The van der Waals surface area contributed by atoms with Gasteiger partial charge in [-0.3, -0.25) is 5.01 Å². The quantitative estimate of drug-likeness (QED) is 0.477. The van der Waals surface area contributed by atoms with Crippen LogP contribution in [0.4, 0.5) is 0 Å². The van der Waals surface area contributed by atoms with Crippen molar-refractivity contribution in [3.05, 3.63) is 0 Å². The molecule has 0 aromatic rings. The van der Waals surface area contributed by atoms with E-state index < -0.39 is 0 Å². The summed E-state index contributed by atoms with van der Waals surface area (Å²) < 4.78 is 0. The van der Waals surface area contributed by atoms with Crippen molar-refractivity contribution in [3.8, 4) is 0 Å². The molecular weight excluding hydrogens is 230 g/mol. The topological polar surface area (TPSA) is 28.0 Å². The van der Waals surface area contributed by atoms with Crippen molar-refractivity contribution in [1.82, 2.24) is 5.01 Å². The second kappa shape index (κ2) is 8.78. The predicted molar refractivity (Wildman–Crippen MR) is 78.6 cm³/mol. The minimum Gasteiger partial charge on any atom is -0.274 e. The van der Waals surface area contributed by atoms with Crippen LogP contribution in [0.5, 0.6) is 0 Å². The summed E-state index contributed by atoms with van der Waals surface area (Å²) >= 11 is 1.92. The van der Waals surface area contributed by atoms with E-state index in [2.05, 4.69) is 63.1 Å². The van der Waals surface area contributed by atoms with Crippen molar-refractivity contribution in [2.75, 3.05) is 6.26 Å². The van der Waals surface area contributed by atoms with Gasteiger partial charge in [-0.05, 0) is 53.7 Å². The average molecular weight is 259 g/mol. The fourth-order valence-electron chi connectivity index (χ4n) is 1.60. The van der Waals surface area contributed by atoms with Crippen molar-refractivity contribution < 1.29 is 0 Å². The molecule has 0 saturated carbocycles. The zero-order valence-electron chi connectivity index (χ0n) is 12.5. The van der Waals surface area contributed by atoms with Gasteiger partial charge in [0.2, 0.25) is 0 Å². The van der Waals surface area contributed by atoms with Crippen molar-refractivity contribution in [1.29, 1.82) is 0 Å². The van der Waals surface area contributed by atoms with Crippen molar-refractivity contribution >= 4 is 11.8 Å². The standard InChI is InChI=1S/C13H29N3S/c1-10(2)16(11(3)4)15-14-12(5)8-9-13(6)17-7/h10-13H,8-9H2,1-7H3/b15-14-. The molecule has 102 valence electrons. The number of nitrogens with zero attached hydrogens (tertiary/aromatic N) is 3. The molecule has 0 amide bonds. The Morgan fingerprint density at radius 2 is 1.47 bits per heavy atom. The fourth-order valence-corrected chi connectivity index (χ4v) is 1.97. The Balaban J connectivity index is 4.11. The van der Waals surface area contributed by atoms with E-state index >= 15 is 0 Å². The highest BCUT2D eigenvalue weighted by Crippen LogP contribution is 2.15. The van der Waals surface area contributed by atoms with Gasteiger partial charge in [0.15, 0.2) is 0 Å². The highest BCUT2D eigenvalue weighted by Gasteiger charge is 2.11. The summed E-state index contributed by atoms with van der Waals surface area (Å²) in [5.41, 5.74) is 0. The second-order valence-electron chi connectivity index (χ2n) is 5.25. The van der Waals surface area contributed by atoms with Crippen molar-refractivity contribution in [2.45, 2.75) is 77.8 Å². The molecule has 0 aliphatic rings. The summed E-state index contributed by atoms with van der Waals surface area (Å²) in [6.45, 7) is 13.0. The summed E-state index contributed by atoms with van der Waals surface area (Å²) in [4.78, 5) is 0. The van der Waals surface area contributed by atoms with Crippen molar-refractivity contribution in [2.24, 2.45) is 10.3 Å². The molecule has 0 N–H and O–H groups in total. The maximum Gasteiger partial charge on any atom is 0.0702 e. The first-order valence-corrected chi connectivity index (χ1v) is 7.89. The average Bonchev–Trinajstić information content (AvgIpc) is 2.25. The third-order valence-corrected chi connectivity index (χ3v) is 3.84. The molecule has 2 unspecified atom stereocenters. The van der Waals surface area contributed by atoms with Crippen LogP contribution in [0, 0.1) is 0 Å². The molecular formula is C13H29N3S. The van der Waals surface area contributed by atoms with E-state index in [1.54, 1.807) is 0 Å². The van der Waals surface area contributed by atoms with Crippen LogP contribution in [0.1, 0.15) is 54.4 Å². The minimum atomic E-state index is 0.324. The third-order valence-electron chi connectivity index (χ3n) is 2.80. The molecule has 0 fully saturated rings. The van der Waals surface area contributed by atoms with Gasteiger partial charge in [-0.2, -0.15) is 16.9 Å². The number of hydrogen-bond acceptors (Lipinski definition) is 3. The molecule has 0 heterocycles. The summed E-state index contributed by atoms with van der Waals surface area (Å²) in [6, 6.07) is 1.15. The molecule has 17 heavy (non-hydrogen) atoms. The first-order chi connectivity index (χ1) is 7.88. The van der Waals surface area contributed by atoms with E-state index in [-0.39, 0.29) is 0 Å². The minimum absolute atomic E-state index is 0.324. The van der Waals surface area contributed by atoms with Gasteiger partial charge in [0.1, 0.15) is 0 Å². The van der Waals surface area contributed by atoms with Gasteiger partial charge in [-0.25, -0.2) is 0 Å². The van der Waals surface area contributed by atoms with E-state index in [4.69, 9.17) is 0 Å². The molecule has 2 atom stereocenters. The van der Waals surface area contributed by atoms with Crippen LogP contribution in [-0.4, -0.2) is 34.6 Å². The van der Waals surface area contributed by atoms with Gasteiger partial charge in [0, 0.05) is 17.3 Å². The van der Waals surface area contributed by atoms with Gasteiger partial charge in [-0.1, -0.05) is 12.1 Å². The van der Waals surface area contributed by atoms with Crippen LogP contribution >= 0.6 is 11.8 Å². The maximum absolute atomic E-state index is 4.41. The van der Waals surface area contributed by atoms with Gasteiger partial charge < -0.3 is 0 Å². The molecule has 4 heteroatoms. The Hall–Kier alpha value is -0.250. The molecule has 3 nitrogen and oxygen atoms in total. The summed E-state index contributed by atoms with van der Waals surface area (Å²) in [6.07, 6.45) is 4.50. The molecule has 0 aromatic heterocycles. The van der Waals surface area contributed by atoms with Crippen LogP contribution in [0.3, 0.4) is 0 Å². The Bertz CT molecular complexity index is 209. The van der Waals surface area contributed by atoms with Crippen LogP contribution < -0.4 is 0 Å². The second-order valence-corrected chi connectivity index (χ2v) is 6.52. The third kappa shape index (κ3) is 7.63. The lowest BCUT2D eigenvalue weighted by Gasteiger charge is -2.26. The van der Waals surface area contributed by atoms with Crippen LogP contribution in [0.25, 0.3) is 0 Å². The Morgan fingerprint density at radius 1 is 0.941 bits per heavy atom. The van der Waals surface area contributed by atoms with E-state index in [1.807, 2.05) is 11.8 Å². The summed E-state index contributed by atoms with van der Waals surface area (Å²) in [7, 11) is 0. The number of hydrogen-bond donors (Lipinski definition) is 0. The summed E-state index contributed by atoms with van der Waals surface area (Å²) in [5, 5.41) is 11.6. The van der Waals surface area contributed by atoms with Crippen LogP contribution in [-0.2, 0) is 0 Å². The first-order valence-electron chi connectivity index (χ1n) is 6.60. The Kier molecular flexibility index (Phi) is 8.66. The SMILES string of the molecule is CSC(C)CCC(C)/N=N\N(C(C)C)C(C)C. The fraction of sp³-hybridized carbons (Fsp3) is 1.00. The molecule has 0 saturated heterocycles. The molecule has 0 aliphatic heterocycles. The molecule has 0 bridgehead atoms. The van der Waals surface area contributed by atoms with Crippen molar-refractivity contribution in [3.63, 3.8) is 0 Å². The van der Waals surface area contributed by atoms with E-state index in [0.717, 1.165) is 11.7 Å². The monoisotopic (exact) mass is 259 g/mol. The first kappa shape index (κ1) is 16.8. The largest absolute Gasteiger partial charge is 0.274 e. The molecule has 0 aliphatic carbocycles. The smallest absolute Gasteiger partial charge is 0.0702 e. The lowest BCUT2D eigenvalue weighted by Crippen LogP contribution is -2.31. The molecule has 0 radical (unpaired) electrons. The highest BCUT2D eigenvalue weighted by molar-refractivity contribution is 7.99. The van der Waals surface area contributed by atoms with E-state index in [9.17, 15) is 0 Å². The van der Waals surface area contributed by atoms with E-state index in [0.29, 0.717) is 18.1 Å². The van der Waals surface area contributed by atoms with E-state index in [1.165, 1.54) is 6.42 Å². The zero-order chi connectivity index (χ0) is 13.4. The van der Waals surface area contributed by atoms with Gasteiger partial charge >= 0.3 is 0 Å². The molecule has 0 rings (SSSR count). The maximum atomic E-state index is 4.41. The highest BCUT2D eigenvalue weighted by atomic mass is 32.2. The number of rotatable bonds is 8. The van der Waals surface area contributed by atoms with Gasteiger partial charge in [-0.15, -0.1) is 0 Å². The van der Waals surface area contributed by atoms with Gasteiger partial charge in [0.05, 0.1) is 6.04 Å². The van der Waals surface area contributed by atoms with Gasteiger partial charge in [0.25, 0.3) is 0 Å². The molecule has 0 aromatic carbocycles. The number of thioether (sulfide) groups is 1. The zero-order valence-corrected chi connectivity index (χ0v) is 13.3. The Labute approximate surface area is 111 Å². The normalized spacial score (nSPS) is 15.8.